The average Bonchev–Trinajstić information content (AvgIpc) is 1.69. The predicted octanol–water partition coefficient (Wildman–Crippen LogP) is 1.64. The summed E-state index contributed by atoms with van der Waals surface area (Å²) in [5, 5.41) is 0. The van der Waals surface area contributed by atoms with E-state index in [4.69, 9.17) is 5.73 Å². The van der Waals surface area contributed by atoms with Gasteiger partial charge in [0, 0.05) is 6.54 Å². The predicted molar refractivity (Wildman–Crippen MR) is 31.1 cm³/mol. The smallest absolute Gasteiger partial charge is 0.0321 e. The first-order chi connectivity index (χ1) is 3.41. The van der Waals surface area contributed by atoms with Crippen molar-refractivity contribution in [1.29, 1.82) is 0 Å². The zero-order valence-electron chi connectivity index (χ0n) is 4.98. The molecule has 0 fully saturated rings. The van der Waals surface area contributed by atoms with E-state index in [-0.39, 0.29) is 0 Å². The molecule has 1 nitrogen and oxygen atoms in total. The molecular weight excluding hydrogens is 86.1 g/mol. The van der Waals surface area contributed by atoms with Crippen LogP contribution in [0.25, 0.3) is 0 Å². The number of hydrogen-bond donors (Lipinski definition) is 0. The molecule has 1 heteroatoms. The average molecular weight is 99.2 g/mol. The van der Waals surface area contributed by atoms with Gasteiger partial charge in [-0.15, -0.1) is 5.73 Å². The van der Waals surface area contributed by atoms with Crippen LogP contribution in [0.3, 0.4) is 0 Å². The van der Waals surface area contributed by atoms with Crippen molar-refractivity contribution >= 4 is 0 Å². The fourth-order valence-electron chi connectivity index (χ4n) is 0.539. The first-order valence-electron chi connectivity index (χ1n) is 3.02. The van der Waals surface area contributed by atoms with Crippen molar-refractivity contribution in [2.45, 2.75) is 32.6 Å². The molecule has 0 aliphatic heterocycles. The van der Waals surface area contributed by atoms with E-state index < -0.39 is 0 Å². The van der Waals surface area contributed by atoms with Crippen LogP contribution in [0, 0.1) is 0 Å². The van der Waals surface area contributed by atoms with Crippen molar-refractivity contribution in [3.05, 3.63) is 0 Å². The zero-order valence-corrected chi connectivity index (χ0v) is 4.98. The molecule has 0 aromatic heterocycles. The molecule has 0 aliphatic rings. The third kappa shape index (κ3) is 5.96. The lowest BCUT2D eigenvalue weighted by atomic mass is 10.2. The van der Waals surface area contributed by atoms with E-state index in [1.807, 2.05) is 0 Å². The van der Waals surface area contributed by atoms with Crippen LogP contribution in [0.2, 0.25) is 0 Å². The molecule has 0 rings (SSSR count). The Morgan fingerprint density at radius 2 is 1.86 bits per heavy atom. The van der Waals surface area contributed by atoms with Crippen molar-refractivity contribution < 1.29 is 0 Å². The standard InChI is InChI=1S/C6H13N/c1-2-3-4-5-6-7/h2-6H2,1H3. The molecule has 0 saturated carbocycles. The third-order valence-electron chi connectivity index (χ3n) is 1.01. The molecule has 0 N–H and O–H groups in total. The third-order valence-corrected chi connectivity index (χ3v) is 1.01. The van der Waals surface area contributed by atoms with Crippen LogP contribution in [0.1, 0.15) is 32.6 Å². The highest BCUT2D eigenvalue weighted by atomic mass is 14.5. The Morgan fingerprint density at radius 1 is 1.14 bits per heavy atom. The Balaban J connectivity index is 2.45. The minimum Gasteiger partial charge on any atom is -0.145 e. The van der Waals surface area contributed by atoms with Gasteiger partial charge in [0.05, 0.1) is 0 Å². The Morgan fingerprint density at radius 3 is 2.29 bits per heavy atom. The van der Waals surface area contributed by atoms with Crippen molar-refractivity contribution in [2.75, 3.05) is 6.54 Å². The van der Waals surface area contributed by atoms with Gasteiger partial charge in [-0.1, -0.05) is 26.2 Å². The maximum atomic E-state index is 8.29. The molecule has 0 amide bonds. The van der Waals surface area contributed by atoms with E-state index >= 15 is 0 Å². The van der Waals surface area contributed by atoms with Crippen molar-refractivity contribution in [2.24, 2.45) is 0 Å². The SMILES string of the molecule is CCCCCC[N]. The quantitative estimate of drug-likeness (QED) is 0.478. The molecule has 2 radical (unpaired) electrons. The van der Waals surface area contributed by atoms with Crippen molar-refractivity contribution in [1.82, 2.24) is 5.73 Å². The number of unbranched alkanes of at least 4 members (excludes halogenated alkanes) is 3. The van der Waals surface area contributed by atoms with Gasteiger partial charge in [0.1, 0.15) is 0 Å². The van der Waals surface area contributed by atoms with Crippen molar-refractivity contribution in [3.8, 4) is 0 Å². The number of rotatable bonds is 4. The largest absolute Gasteiger partial charge is 0.145 e. The topological polar surface area (TPSA) is 22.3 Å². The van der Waals surface area contributed by atoms with Gasteiger partial charge in [-0.3, -0.25) is 0 Å². The number of nitrogens with zero attached hydrogens (tertiary/aromatic N) is 1. The van der Waals surface area contributed by atoms with Crippen molar-refractivity contribution in [3.63, 3.8) is 0 Å². The van der Waals surface area contributed by atoms with E-state index in [1.54, 1.807) is 0 Å². The Bertz CT molecular complexity index is 23.4. The van der Waals surface area contributed by atoms with E-state index in [0.29, 0.717) is 6.54 Å². The van der Waals surface area contributed by atoms with Crippen LogP contribution in [-0.2, 0) is 0 Å². The summed E-state index contributed by atoms with van der Waals surface area (Å²) in [4.78, 5) is 0. The van der Waals surface area contributed by atoms with E-state index in [2.05, 4.69) is 6.92 Å². The van der Waals surface area contributed by atoms with Gasteiger partial charge in [0.25, 0.3) is 0 Å². The highest BCUT2D eigenvalue weighted by molar-refractivity contribution is 4.38. The minimum atomic E-state index is 0.361. The second kappa shape index (κ2) is 5.96. The molecule has 0 spiro atoms. The minimum absolute atomic E-state index is 0.361. The summed E-state index contributed by atoms with van der Waals surface area (Å²) in [6, 6.07) is 0. The fourth-order valence-corrected chi connectivity index (χ4v) is 0.539. The lowest BCUT2D eigenvalue weighted by Crippen LogP contribution is -1.83. The van der Waals surface area contributed by atoms with Crippen LogP contribution >= 0.6 is 0 Å². The van der Waals surface area contributed by atoms with Crippen LogP contribution in [-0.4, -0.2) is 6.54 Å². The normalized spacial score (nSPS) is 9.43. The molecule has 0 heterocycles. The first-order valence-corrected chi connectivity index (χ1v) is 3.02. The van der Waals surface area contributed by atoms with Gasteiger partial charge in [-0.25, -0.2) is 0 Å². The molecule has 0 aromatic rings. The summed E-state index contributed by atoms with van der Waals surface area (Å²) in [6.07, 6.45) is 4.68. The summed E-state index contributed by atoms with van der Waals surface area (Å²) in [5.41, 5.74) is 8.29. The molecule has 42 valence electrons. The van der Waals surface area contributed by atoms with E-state index in [1.165, 1.54) is 19.3 Å². The lowest BCUT2D eigenvalue weighted by molar-refractivity contribution is 0.669. The van der Waals surface area contributed by atoms with E-state index in [9.17, 15) is 0 Å². The highest BCUT2D eigenvalue weighted by Crippen LogP contribution is 1.95. The van der Waals surface area contributed by atoms with Gasteiger partial charge >= 0.3 is 0 Å². The van der Waals surface area contributed by atoms with Gasteiger partial charge in [0.2, 0.25) is 0 Å². The molecule has 7 heavy (non-hydrogen) atoms. The molecular formula is C6H13N. The van der Waals surface area contributed by atoms with E-state index in [0.717, 1.165) is 6.42 Å². The molecule has 0 aliphatic carbocycles. The number of hydrogen-bond acceptors (Lipinski definition) is 0. The fraction of sp³-hybridized carbons (Fsp3) is 1.00. The summed E-state index contributed by atoms with van der Waals surface area (Å²) in [5.74, 6) is 0. The maximum Gasteiger partial charge on any atom is 0.0321 e. The molecule has 0 unspecified atom stereocenters. The van der Waals surface area contributed by atoms with Crippen LogP contribution in [0.4, 0.5) is 0 Å². The van der Waals surface area contributed by atoms with Gasteiger partial charge in [-0.2, -0.15) is 0 Å². The van der Waals surface area contributed by atoms with Crippen LogP contribution < -0.4 is 5.73 Å². The molecule has 0 bridgehead atoms. The monoisotopic (exact) mass is 99.1 g/mol. The van der Waals surface area contributed by atoms with Gasteiger partial charge in [-0.05, 0) is 6.42 Å². The highest BCUT2D eigenvalue weighted by Gasteiger charge is 1.81. The maximum absolute atomic E-state index is 8.29. The zero-order chi connectivity index (χ0) is 5.54. The first kappa shape index (κ1) is 6.96. The second-order valence-electron chi connectivity index (χ2n) is 1.78. The summed E-state index contributed by atoms with van der Waals surface area (Å²) in [7, 11) is 0. The Hall–Kier alpha value is -0.0400. The van der Waals surface area contributed by atoms with Gasteiger partial charge < -0.3 is 0 Å². The van der Waals surface area contributed by atoms with Crippen LogP contribution in [0.15, 0.2) is 0 Å². The molecule has 0 atom stereocenters. The summed E-state index contributed by atoms with van der Waals surface area (Å²) >= 11 is 0. The lowest BCUT2D eigenvalue weighted by Gasteiger charge is -1.89. The summed E-state index contributed by atoms with van der Waals surface area (Å²) < 4.78 is 0. The Kier molecular flexibility index (Phi) is 5.93. The summed E-state index contributed by atoms with van der Waals surface area (Å²) in [6.45, 7) is 2.53. The van der Waals surface area contributed by atoms with Gasteiger partial charge in [0.15, 0.2) is 0 Å². The second-order valence-corrected chi connectivity index (χ2v) is 1.78. The molecule has 0 saturated heterocycles. The Labute approximate surface area is 45.9 Å². The van der Waals surface area contributed by atoms with Crippen LogP contribution in [0.5, 0.6) is 0 Å². The molecule has 0 aromatic carbocycles.